The highest BCUT2D eigenvalue weighted by atomic mass is 16.3. The van der Waals surface area contributed by atoms with Gasteiger partial charge in [0, 0.05) is 33.3 Å². The van der Waals surface area contributed by atoms with Crippen LogP contribution in [-0.2, 0) is 10.8 Å². The molecule has 70 heavy (non-hydrogen) atoms. The van der Waals surface area contributed by atoms with Gasteiger partial charge in [-0.25, -0.2) is 0 Å². The van der Waals surface area contributed by atoms with Gasteiger partial charge >= 0.3 is 0 Å². The van der Waals surface area contributed by atoms with Gasteiger partial charge in [0.15, 0.2) is 0 Å². The number of hydrogen-bond acceptors (Lipinski definition) is 2. The van der Waals surface area contributed by atoms with Crippen LogP contribution in [0.25, 0.3) is 66.4 Å². The predicted molar refractivity (Wildman–Crippen MR) is 291 cm³/mol. The summed E-state index contributed by atoms with van der Waals surface area (Å²) in [7, 11) is 0. The average molecular weight is 896 g/mol. The third-order valence-electron chi connectivity index (χ3n) is 15.3. The maximum absolute atomic E-state index is 12.4. The number of phenols is 1. The number of hydrogen-bond donors (Lipinski definition) is 1. The summed E-state index contributed by atoms with van der Waals surface area (Å²) in [5.41, 5.74) is 21.0. The monoisotopic (exact) mass is 895 g/mol. The quantitative estimate of drug-likeness (QED) is 0.164. The van der Waals surface area contributed by atoms with Gasteiger partial charge in [-0.1, -0.05) is 226 Å². The van der Waals surface area contributed by atoms with Gasteiger partial charge < -0.3 is 10.0 Å². The highest BCUT2D eigenvalue weighted by molar-refractivity contribution is 6.03. The second kappa shape index (κ2) is 16.2. The molecule has 2 nitrogen and oxygen atoms in total. The van der Waals surface area contributed by atoms with Crippen molar-refractivity contribution in [2.24, 2.45) is 0 Å². The van der Waals surface area contributed by atoms with Crippen LogP contribution < -0.4 is 4.90 Å². The number of anilines is 3. The lowest BCUT2D eigenvalue weighted by Crippen LogP contribution is -2.28. The molecule has 2 aliphatic rings. The van der Waals surface area contributed by atoms with E-state index in [0.29, 0.717) is 0 Å². The molecule has 0 aromatic heterocycles. The van der Waals surface area contributed by atoms with Gasteiger partial charge in [-0.2, -0.15) is 0 Å². The lowest BCUT2D eigenvalue weighted by Gasteiger charge is -2.35. The molecule has 0 bridgehead atoms. The second-order valence-corrected chi connectivity index (χ2v) is 19.3. The first-order valence-electron chi connectivity index (χ1n) is 24.3. The van der Waals surface area contributed by atoms with Crippen molar-refractivity contribution < 1.29 is 5.11 Å². The van der Waals surface area contributed by atoms with Gasteiger partial charge in [0.05, 0.1) is 11.1 Å². The SMILES string of the molecule is CC1(C)c2ccccc2-c2ccc(N(c3ccc4c(c3)C(c3ccccc3)(c3ccccc3)c3ccccc3-4)c3cccc(-c4ccc5ccccc5c4O)c3-c3cccc(-c4ccccc4)c3)cc21. The largest absolute Gasteiger partial charge is 0.507 e. The van der Waals surface area contributed by atoms with Gasteiger partial charge in [0.1, 0.15) is 5.75 Å². The van der Waals surface area contributed by atoms with E-state index in [2.05, 4.69) is 255 Å². The molecular weight excluding hydrogens is 847 g/mol. The molecule has 13 rings (SSSR count). The Hall–Kier alpha value is -8.72. The summed E-state index contributed by atoms with van der Waals surface area (Å²) in [6.07, 6.45) is 0. The minimum atomic E-state index is -0.594. The fourth-order valence-corrected chi connectivity index (χ4v) is 12.0. The summed E-state index contributed by atoms with van der Waals surface area (Å²) < 4.78 is 0. The topological polar surface area (TPSA) is 23.5 Å². The average Bonchev–Trinajstić information content (AvgIpc) is 3.84. The molecule has 0 radical (unpaired) electrons. The van der Waals surface area contributed by atoms with Crippen LogP contribution in [-0.4, -0.2) is 5.11 Å². The van der Waals surface area contributed by atoms with E-state index >= 15 is 0 Å². The standard InChI is InChI=1S/C68H49NO/c1-67(2)60-33-16-14-30-54(60)56-40-37-51(43-62(56)67)69(52-38-41-57-55-31-15-17-34-61(55)68(63(57)44-52,49-25-8-4-9-26-49)50-27-10-5-11-28-50)64-35-19-32-58(59-39-36-46-22-12-13-29-53(46)66(59)70)65(64)48-24-18-23-47(42-48)45-20-6-3-7-21-45/h3-44,70H,1-2H3. The van der Waals surface area contributed by atoms with Crippen molar-refractivity contribution >= 4 is 27.8 Å². The lowest BCUT2D eigenvalue weighted by molar-refractivity contribution is 0.483. The smallest absolute Gasteiger partial charge is 0.131 e. The third-order valence-corrected chi connectivity index (χ3v) is 15.3. The van der Waals surface area contributed by atoms with Crippen LogP contribution in [0.2, 0.25) is 0 Å². The van der Waals surface area contributed by atoms with E-state index in [1.807, 2.05) is 18.2 Å². The molecule has 2 aliphatic carbocycles. The Morgan fingerprint density at radius 3 is 1.56 bits per heavy atom. The molecule has 0 spiro atoms. The first-order valence-corrected chi connectivity index (χ1v) is 24.3. The Kier molecular flexibility index (Phi) is 9.61. The maximum Gasteiger partial charge on any atom is 0.131 e. The van der Waals surface area contributed by atoms with Crippen molar-refractivity contribution in [1.82, 2.24) is 0 Å². The molecule has 11 aromatic rings. The molecule has 11 aromatic carbocycles. The molecule has 0 heterocycles. The van der Waals surface area contributed by atoms with Crippen LogP contribution in [0, 0.1) is 0 Å². The molecule has 0 unspecified atom stereocenters. The van der Waals surface area contributed by atoms with Gasteiger partial charge in [-0.3, -0.25) is 0 Å². The number of nitrogens with zero attached hydrogens (tertiary/aromatic N) is 1. The fourth-order valence-electron chi connectivity index (χ4n) is 12.0. The Bertz CT molecular complexity index is 3770. The first-order chi connectivity index (χ1) is 34.4. The van der Waals surface area contributed by atoms with E-state index in [4.69, 9.17) is 0 Å². The van der Waals surface area contributed by atoms with Crippen LogP contribution in [0.1, 0.15) is 47.2 Å². The van der Waals surface area contributed by atoms with Crippen LogP contribution in [0.5, 0.6) is 5.75 Å². The molecule has 0 amide bonds. The normalized spacial score (nSPS) is 13.6. The highest BCUT2D eigenvalue weighted by Gasteiger charge is 2.46. The van der Waals surface area contributed by atoms with Crippen molar-refractivity contribution in [2.75, 3.05) is 4.90 Å². The number of rotatable bonds is 8. The van der Waals surface area contributed by atoms with Gasteiger partial charge in [0.25, 0.3) is 0 Å². The van der Waals surface area contributed by atoms with E-state index < -0.39 is 5.41 Å². The van der Waals surface area contributed by atoms with E-state index in [0.717, 1.165) is 61.2 Å². The van der Waals surface area contributed by atoms with Gasteiger partial charge in [-0.15, -0.1) is 0 Å². The summed E-state index contributed by atoms with van der Waals surface area (Å²) in [6, 6.07) is 92.6. The fraction of sp³-hybridized carbons (Fsp3) is 0.0588. The van der Waals surface area contributed by atoms with Crippen LogP contribution in [0.4, 0.5) is 17.1 Å². The molecule has 0 atom stereocenters. The third kappa shape index (κ3) is 6.26. The first kappa shape index (κ1) is 41.5. The summed E-state index contributed by atoms with van der Waals surface area (Å²) in [5.74, 6) is 0.269. The molecule has 1 N–H and O–H groups in total. The van der Waals surface area contributed by atoms with E-state index in [-0.39, 0.29) is 11.2 Å². The van der Waals surface area contributed by atoms with Crippen molar-refractivity contribution in [3.8, 4) is 61.4 Å². The number of benzene rings is 11. The van der Waals surface area contributed by atoms with Crippen molar-refractivity contribution in [3.05, 3.63) is 288 Å². The minimum absolute atomic E-state index is 0.228. The molecule has 0 saturated carbocycles. The molecule has 332 valence electrons. The Balaban J connectivity index is 1.13. The van der Waals surface area contributed by atoms with Crippen molar-refractivity contribution in [2.45, 2.75) is 24.7 Å². The zero-order valence-electron chi connectivity index (χ0n) is 39.1. The van der Waals surface area contributed by atoms with E-state index in [1.54, 1.807) is 0 Å². The molecule has 2 heteroatoms. The van der Waals surface area contributed by atoms with E-state index in [1.165, 1.54) is 55.6 Å². The highest BCUT2D eigenvalue weighted by Crippen LogP contribution is 2.59. The minimum Gasteiger partial charge on any atom is -0.507 e. The Labute approximate surface area is 410 Å². The van der Waals surface area contributed by atoms with E-state index in [9.17, 15) is 5.11 Å². The van der Waals surface area contributed by atoms with Crippen LogP contribution in [0.15, 0.2) is 255 Å². The van der Waals surface area contributed by atoms with Crippen molar-refractivity contribution in [3.63, 3.8) is 0 Å². The summed E-state index contributed by atoms with van der Waals surface area (Å²) >= 11 is 0. The van der Waals surface area contributed by atoms with Crippen LogP contribution in [0.3, 0.4) is 0 Å². The Morgan fingerprint density at radius 2 is 0.843 bits per heavy atom. The Morgan fingerprint density at radius 1 is 0.343 bits per heavy atom. The molecule has 0 aliphatic heterocycles. The summed E-state index contributed by atoms with van der Waals surface area (Å²) in [4.78, 5) is 2.48. The summed E-state index contributed by atoms with van der Waals surface area (Å²) in [6.45, 7) is 4.71. The van der Waals surface area contributed by atoms with Gasteiger partial charge in [-0.05, 0) is 126 Å². The lowest BCUT2D eigenvalue weighted by atomic mass is 9.67. The van der Waals surface area contributed by atoms with Gasteiger partial charge in [0.2, 0.25) is 0 Å². The number of fused-ring (bicyclic) bond motifs is 7. The zero-order valence-corrected chi connectivity index (χ0v) is 39.1. The molecular formula is C68H49NO. The predicted octanol–water partition coefficient (Wildman–Crippen LogP) is 17.7. The number of aromatic hydroxyl groups is 1. The zero-order chi connectivity index (χ0) is 47.0. The van der Waals surface area contributed by atoms with Crippen LogP contribution >= 0.6 is 0 Å². The van der Waals surface area contributed by atoms with Crippen molar-refractivity contribution in [1.29, 1.82) is 0 Å². The maximum atomic E-state index is 12.4. The molecule has 0 fully saturated rings. The molecule has 0 saturated heterocycles. The number of phenolic OH excluding ortho intramolecular Hbond substituents is 1. The second-order valence-electron chi connectivity index (χ2n) is 19.3. The summed E-state index contributed by atoms with van der Waals surface area (Å²) in [5, 5.41) is 14.2.